The van der Waals surface area contributed by atoms with Crippen molar-refractivity contribution in [3.05, 3.63) is 29.8 Å². The third kappa shape index (κ3) is 4.75. The summed E-state index contributed by atoms with van der Waals surface area (Å²) in [5, 5.41) is 9.17. The minimum Gasteiger partial charge on any atom is -0.508 e. The fourth-order valence-corrected chi connectivity index (χ4v) is 1.87. The van der Waals surface area contributed by atoms with E-state index in [-0.39, 0.29) is 11.7 Å². The molecule has 2 atom stereocenters. The van der Waals surface area contributed by atoms with Crippen molar-refractivity contribution in [2.45, 2.75) is 32.2 Å². The van der Waals surface area contributed by atoms with Crippen LogP contribution in [0.2, 0.25) is 0 Å². The molecule has 0 bridgehead atoms. The van der Waals surface area contributed by atoms with E-state index in [1.807, 2.05) is 12.1 Å². The molecule has 0 fully saturated rings. The molecule has 0 aliphatic heterocycles. The second-order valence-corrected chi connectivity index (χ2v) is 4.68. The predicted octanol–water partition coefficient (Wildman–Crippen LogP) is 1.85. The molecule has 0 heterocycles. The van der Waals surface area contributed by atoms with E-state index >= 15 is 0 Å². The summed E-state index contributed by atoms with van der Waals surface area (Å²) < 4.78 is 4.60. The first-order valence-corrected chi connectivity index (χ1v) is 6.14. The van der Waals surface area contributed by atoms with E-state index in [1.54, 1.807) is 12.1 Å². The highest BCUT2D eigenvalue weighted by Crippen LogP contribution is 2.16. The number of phenolic OH excluding ortho intramolecular Hbond substituents is 1. The molecule has 4 nitrogen and oxygen atoms in total. The molecule has 1 aromatic carbocycles. The second-order valence-electron chi connectivity index (χ2n) is 4.68. The lowest BCUT2D eigenvalue weighted by molar-refractivity contribution is -0.142. The van der Waals surface area contributed by atoms with E-state index in [1.165, 1.54) is 12.7 Å². The van der Waals surface area contributed by atoms with Gasteiger partial charge >= 0.3 is 5.97 Å². The number of methoxy groups -OCH3 is 1. The molecule has 0 spiro atoms. The summed E-state index contributed by atoms with van der Waals surface area (Å²) in [5.74, 6) is 0.277. The minimum atomic E-state index is -0.537. The number of phenols is 1. The van der Waals surface area contributed by atoms with Crippen LogP contribution in [0.1, 0.15) is 25.3 Å². The Kier molecular flexibility index (Phi) is 5.65. The Bertz CT molecular complexity index is 375. The Morgan fingerprint density at radius 2 is 2.00 bits per heavy atom. The van der Waals surface area contributed by atoms with Crippen LogP contribution in [0.15, 0.2) is 24.3 Å². The largest absolute Gasteiger partial charge is 0.508 e. The van der Waals surface area contributed by atoms with Gasteiger partial charge in [0.05, 0.1) is 7.11 Å². The van der Waals surface area contributed by atoms with Crippen molar-refractivity contribution < 1.29 is 14.6 Å². The Hall–Kier alpha value is -1.55. The highest BCUT2D eigenvalue weighted by atomic mass is 16.5. The van der Waals surface area contributed by atoms with Crippen LogP contribution in [-0.4, -0.2) is 24.2 Å². The van der Waals surface area contributed by atoms with Gasteiger partial charge in [0.2, 0.25) is 0 Å². The van der Waals surface area contributed by atoms with Crippen LogP contribution < -0.4 is 5.73 Å². The third-order valence-electron chi connectivity index (χ3n) is 3.02. The molecule has 0 radical (unpaired) electrons. The van der Waals surface area contributed by atoms with Gasteiger partial charge in [0.15, 0.2) is 0 Å². The van der Waals surface area contributed by atoms with Gasteiger partial charge in [-0.2, -0.15) is 0 Å². The Balaban J connectivity index is 2.34. The number of hydrogen-bond donors (Lipinski definition) is 2. The highest BCUT2D eigenvalue weighted by Gasteiger charge is 2.16. The van der Waals surface area contributed by atoms with Gasteiger partial charge in [-0.1, -0.05) is 19.1 Å². The molecule has 0 aliphatic rings. The van der Waals surface area contributed by atoms with Crippen molar-refractivity contribution >= 4 is 5.97 Å². The first-order valence-electron chi connectivity index (χ1n) is 6.14. The van der Waals surface area contributed by atoms with Crippen molar-refractivity contribution in [3.63, 3.8) is 0 Å². The maximum absolute atomic E-state index is 11.2. The van der Waals surface area contributed by atoms with Gasteiger partial charge in [-0.3, -0.25) is 4.79 Å². The molecule has 18 heavy (non-hydrogen) atoms. The van der Waals surface area contributed by atoms with Gasteiger partial charge in [-0.15, -0.1) is 0 Å². The van der Waals surface area contributed by atoms with Gasteiger partial charge < -0.3 is 15.6 Å². The van der Waals surface area contributed by atoms with Gasteiger partial charge in [0, 0.05) is 0 Å². The fourth-order valence-electron chi connectivity index (χ4n) is 1.87. The van der Waals surface area contributed by atoms with Crippen LogP contribution in [0.25, 0.3) is 0 Å². The predicted molar refractivity (Wildman–Crippen MR) is 70.2 cm³/mol. The number of benzene rings is 1. The maximum atomic E-state index is 11.2. The normalized spacial score (nSPS) is 13.9. The SMILES string of the molecule is COC(=O)C(N)CC(C)CCc1ccc(O)cc1. The van der Waals surface area contributed by atoms with E-state index in [2.05, 4.69) is 11.7 Å². The molecule has 4 heteroatoms. The summed E-state index contributed by atoms with van der Waals surface area (Å²) in [6.07, 6.45) is 2.50. The molecule has 0 saturated heterocycles. The number of aromatic hydroxyl groups is 1. The summed E-state index contributed by atoms with van der Waals surface area (Å²) >= 11 is 0. The third-order valence-corrected chi connectivity index (χ3v) is 3.02. The van der Waals surface area contributed by atoms with Gasteiger partial charge in [0.1, 0.15) is 11.8 Å². The van der Waals surface area contributed by atoms with Crippen LogP contribution in [0, 0.1) is 5.92 Å². The number of carbonyl (C=O) groups excluding carboxylic acids is 1. The number of hydrogen-bond acceptors (Lipinski definition) is 4. The van der Waals surface area contributed by atoms with Gasteiger partial charge in [-0.25, -0.2) is 0 Å². The highest BCUT2D eigenvalue weighted by molar-refractivity contribution is 5.75. The second kappa shape index (κ2) is 7.01. The first kappa shape index (κ1) is 14.5. The van der Waals surface area contributed by atoms with E-state index in [0.29, 0.717) is 12.3 Å². The van der Waals surface area contributed by atoms with E-state index < -0.39 is 6.04 Å². The molecule has 0 aliphatic carbocycles. The number of aryl methyl sites for hydroxylation is 1. The van der Waals surface area contributed by atoms with Crippen molar-refractivity contribution in [2.75, 3.05) is 7.11 Å². The Labute approximate surface area is 108 Å². The van der Waals surface area contributed by atoms with Crippen LogP contribution in [0.4, 0.5) is 0 Å². The summed E-state index contributed by atoms with van der Waals surface area (Å²) in [6, 6.07) is 6.63. The number of ether oxygens (including phenoxy) is 1. The number of nitrogens with two attached hydrogens (primary N) is 1. The fraction of sp³-hybridized carbons (Fsp3) is 0.500. The lowest BCUT2D eigenvalue weighted by atomic mass is 9.95. The number of carbonyl (C=O) groups is 1. The zero-order chi connectivity index (χ0) is 13.5. The molecular formula is C14H21NO3. The molecule has 1 rings (SSSR count). The van der Waals surface area contributed by atoms with Crippen LogP contribution in [-0.2, 0) is 16.0 Å². The van der Waals surface area contributed by atoms with Gasteiger partial charge in [0.25, 0.3) is 0 Å². The standard InChI is InChI=1S/C14H21NO3/c1-10(9-13(15)14(17)18-2)3-4-11-5-7-12(16)8-6-11/h5-8,10,13,16H,3-4,9,15H2,1-2H3. The smallest absolute Gasteiger partial charge is 0.322 e. The van der Waals surface area contributed by atoms with Crippen molar-refractivity contribution in [1.29, 1.82) is 0 Å². The summed E-state index contributed by atoms with van der Waals surface area (Å²) in [6.45, 7) is 2.07. The van der Waals surface area contributed by atoms with Crippen LogP contribution >= 0.6 is 0 Å². The summed E-state index contributed by atoms with van der Waals surface area (Å²) in [5.41, 5.74) is 6.88. The average molecular weight is 251 g/mol. The molecular weight excluding hydrogens is 230 g/mol. The zero-order valence-electron chi connectivity index (χ0n) is 10.9. The monoisotopic (exact) mass is 251 g/mol. The summed E-state index contributed by atoms with van der Waals surface area (Å²) in [7, 11) is 1.35. The number of rotatable bonds is 6. The summed E-state index contributed by atoms with van der Waals surface area (Å²) in [4.78, 5) is 11.2. The molecule has 1 aromatic rings. The molecule has 0 amide bonds. The molecule has 0 saturated carbocycles. The lowest BCUT2D eigenvalue weighted by Crippen LogP contribution is -2.33. The Morgan fingerprint density at radius 1 is 1.39 bits per heavy atom. The molecule has 0 aromatic heterocycles. The molecule has 3 N–H and O–H groups in total. The van der Waals surface area contributed by atoms with E-state index in [9.17, 15) is 9.90 Å². The average Bonchev–Trinajstić information content (AvgIpc) is 2.37. The minimum absolute atomic E-state index is 0.277. The lowest BCUT2D eigenvalue weighted by Gasteiger charge is -2.15. The Morgan fingerprint density at radius 3 is 2.56 bits per heavy atom. The maximum Gasteiger partial charge on any atom is 0.322 e. The van der Waals surface area contributed by atoms with Crippen molar-refractivity contribution in [3.8, 4) is 5.75 Å². The van der Waals surface area contributed by atoms with Crippen molar-refractivity contribution in [2.24, 2.45) is 11.7 Å². The van der Waals surface area contributed by atoms with Gasteiger partial charge in [-0.05, 0) is 42.9 Å². The van der Waals surface area contributed by atoms with E-state index in [0.717, 1.165) is 12.8 Å². The quantitative estimate of drug-likeness (QED) is 0.757. The van der Waals surface area contributed by atoms with E-state index in [4.69, 9.17) is 5.73 Å². The van der Waals surface area contributed by atoms with Crippen LogP contribution in [0.3, 0.4) is 0 Å². The topological polar surface area (TPSA) is 72.5 Å². The molecule has 2 unspecified atom stereocenters. The van der Waals surface area contributed by atoms with Crippen LogP contribution in [0.5, 0.6) is 5.75 Å². The first-order chi connectivity index (χ1) is 8.52. The number of esters is 1. The van der Waals surface area contributed by atoms with Crippen molar-refractivity contribution in [1.82, 2.24) is 0 Å². The molecule has 100 valence electrons. The zero-order valence-corrected chi connectivity index (χ0v) is 10.9.